The molecule has 1 aromatic heterocycles. The largest absolute Gasteiger partial charge is 0.497 e. The molecular formula is C13H16N4O2. The van der Waals surface area contributed by atoms with Gasteiger partial charge in [-0.3, -0.25) is 0 Å². The van der Waals surface area contributed by atoms with Crippen LogP contribution < -0.4 is 20.5 Å². The van der Waals surface area contributed by atoms with Crippen molar-refractivity contribution in [2.75, 3.05) is 25.3 Å². The highest BCUT2D eigenvalue weighted by molar-refractivity contribution is 5.66. The monoisotopic (exact) mass is 260 g/mol. The summed E-state index contributed by atoms with van der Waals surface area (Å²) in [6.45, 7) is 1.86. The number of benzene rings is 1. The molecule has 6 heteroatoms. The fraction of sp³-hybridized carbons (Fsp3) is 0.231. The molecule has 2 rings (SSSR count). The van der Waals surface area contributed by atoms with Crippen molar-refractivity contribution in [3.8, 4) is 11.5 Å². The average Bonchev–Trinajstić information content (AvgIpc) is 2.38. The summed E-state index contributed by atoms with van der Waals surface area (Å²) in [4.78, 5) is 8.14. The third-order valence-corrected chi connectivity index (χ3v) is 2.54. The number of rotatable bonds is 4. The summed E-state index contributed by atoms with van der Waals surface area (Å²) in [5, 5.41) is 3.14. The van der Waals surface area contributed by atoms with E-state index in [1.807, 2.05) is 19.1 Å². The van der Waals surface area contributed by atoms with Gasteiger partial charge in [0.15, 0.2) is 0 Å². The molecule has 0 spiro atoms. The third kappa shape index (κ3) is 3.04. The lowest BCUT2D eigenvalue weighted by molar-refractivity contribution is 0.395. The lowest BCUT2D eigenvalue weighted by Crippen LogP contribution is -2.02. The molecule has 0 atom stereocenters. The minimum atomic E-state index is 0.231. The van der Waals surface area contributed by atoms with Gasteiger partial charge < -0.3 is 20.5 Å². The average molecular weight is 260 g/mol. The Morgan fingerprint density at radius 3 is 2.53 bits per heavy atom. The number of nitrogens with two attached hydrogens (primary N) is 1. The summed E-state index contributed by atoms with van der Waals surface area (Å²) in [6.07, 6.45) is 0. The summed E-state index contributed by atoms with van der Waals surface area (Å²) < 4.78 is 10.5. The Morgan fingerprint density at radius 2 is 1.89 bits per heavy atom. The SMILES string of the molecule is COc1ccc(Nc2cc(C)nc(N)n2)c(OC)c1. The maximum absolute atomic E-state index is 5.62. The van der Waals surface area contributed by atoms with Gasteiger partial charge in [0.1, 0.15) is 17.3 Å². The molecule has 0 unspecified atom stereocenters. The molecule has 0 aliphatic rings. The van der Waals surface area contributed by atoms with Gasteiger partial charge in [-0.25, -0.2) is 4.98 Å². The number of methoxy groups -OCH3 is 2. The summed E-state index contributed by atoms with van der Waals surface area (Å²) in [6, 6.07) is 7.29. The second kappa shape index (κ2) is 5.43. The zero-order valence-electron chi connectivity index (χ0n) is 11.1. The summed E-state index contributed by atoms with van der Waals surface area (Å²) in [5.74, 6) is 2.23. The van der Waals surface area contributed by atoms with Crippen LogP contribution in [0.25, 0.3) is 0 Å². The van der Waals surface area contributed by atoms with Crippen molar-refractivity contribution in [1.29, 1.82) is 0 Å². The van der Waals surface area contributed by atoms with E-state index >= 15 is 0 Å². The zero-order chi connectivity index (χ0) is 13.8. The first-order valence-electron chi connectivity index (χ1n) is 5.72. The van der Waals surface area contributed by atoms with Gasteiger partial charge in [0.2, 0.25) is 5.95 Å². The molecule has 0 saturated carbocycles. The van der Waals surface area contributed by atoms with Gasteiger partial charge in [-0.05, 0) is 19.1 Å². The highest BCUT2D eigenvalue weighted by Crippen LogP contribution is 2.31. The second-order valence-electron chi connectivity index (χ2n) is 3.94. The lowest BCUT2D eigenvalue weighted by Gasteiger charge is -2.12. The normalized spacial score (nSPS) is 10.1. The molecule has 2 aromatic rings. The van der Waals surface area contributed by atoms with Crippen LogP contribution in [0.4, 0.5) is 17.5 Å². The van der Waals surface area contributed by atoms with Crippen molar-refractivity contribution in [2.45, 2.75) is 6.92 Å². The number of ether oxygens (including phenoxy) is 2. The molecule has 0 aliphatic carbocycles. The minimum absolute atomic E-state index is 0.231. The number of hydrogen-bond donors (Lipinski definition) is 2. The van der Waals surface area contributed by atoms with Crippen LogP contribution in [0.1, 0.15) is 5.69 Å². The molecule has 0 aliphatic heterocycles. The number of nitrogens with zero attached hydrogens (tertiary/aromatic N) is 2. The van der Waals surface area contributed by atoms with E-state index in [0.717, 1.165) is 17.1 Å². The fourth-order valence-electron chi connectivity index (χ4n) is 1.70. The summed E-state index contributed by atoms with van der Waals surface area (Å²) in [5.41, 5.74) is 7.19. The molecule has 1 heterocycles. The molecule has 0 fully saturated rings. The molecular weight excluding hydrogens is 244 g/mol. The third-order valence-electron chi connectivity index (χ3n) is 2.54. The van der Waals surface area contributed by atoms with E-state index in [-0.39, 0.29) is 5.95 Å². The summed E-state index contributed by atoms with van der Waals surface area (Å²) >= 11 is 0. The Balaban J connectivity index is 2.32. The number of hydrogen-bond acceptors (Lipinski definition) is 6. The van der Waals surface area contributed by atoms with Crippen molar-refractivity contribution in [3.63, 3.8) is 0 Å². The topological polar surface area (TPSA) is 82.3 Å². The molecule has 100 valence electrons. The van der Waals surface area contributed by atoms with Crippen LogP contribution >= 0.6 is 0 Å². The van der Waals surface area contributed by atoms with Crippen LogP contribution in [0.2, 0.25) is 0 Å². The van der Waals surface area contributed by atoms with Gasteiger partial charge in [-0.15, -0.1) is 0 Å². The standard InChI is InChI=1S/C13H16N4O2/c1-8-6-12(17-13(14)15-8)16-10-5-4-9(18-2)7-11(10)19-3/h4-7H,1-3H3,(H3,14,15,16,17). The van der Waals surface area contributed by atoms with Crippen molar-refractivity contribution in [1.82, 2.24) is 9.97 Å². The number of aryl methyl sites for hydroxylation is 1. The molecule has 19 heavy (non-hydrogen) atoms. The Morgan fingerprint density at radius 1 is 1.11 bits per heavy atom. The lowest BCUT2D eigenvalue weighted by atomic mass is 10.2. The molecule has 6 nitrogen and oxygen atoms in total. The van der Waals surface area contributed by atoms with E-state index in [4.69, 9.17) is 15.2 Å². The predicted octanol–water partition coefficient (Wildman–Crippen LogP) is 2.13. The van der Waals surface area contributed by atoms with Crippen molar-refractivity contribution >= 4 is 17.5 Å². The Labute approximate surface area is 111 Å². The quantitative estimate of drug-likeness (QED) is 0.876. The van der Waals surface area contributed by atoms with Crippen LogP contribution in [-0.2, 0) is 0 Å². The maximum atomic E-state index is 5.62. The van der Waals surface area contributed by atoms with Gasteiger partial charge in [-0.1, -0.05) is 0 Å². The van der Waals surface area contributed by atoms with E-state index in [0.29, 0.717) is 11.6 Å². The van der Waals surface area contributed by atoms with Gasteiger partial charge >= 0.3 is 0 Å². The number of nitrogens with one attached hydrogen (secondary N) is 1. The minimum Gasteiger partial charge on any atom is -0.497 e. The van der Waals surface area contributed by atoms with Gasteiger partial charge in [0, 0.05) is 17.8 Å². The summed E-state index contributed by atoms with van der Waals surface area (Å²) in [7, 11) is 3.20. The van der Waals surface area contributed by atoms with Crippen LogP contribution in [0.3, 0.4) is 0 Å². The number of anilines is 3. The molecule has 1 aromatic carbocycles. The first kappa shape index (κ1) is 12.9. The van der Waals surface area contributed by atoms with E-state index in [2.05, 4.69) is 15.3 Å². The first-order chi connectivity index (χ1) is 9.12. The molecule has 0 amide bonds. The van der Waals surface area contributed by atoms with Crippen LogP contribution in [-0.4, -0.2) is 24.2 Å². The van der Waals surface area contributed by atoms with Gasteiger partial charge in [0.05, 0.1) is 19.9 Å². The zero-order valence-corrected chi connectivity index (χ0v) is 11.1. The molecule has 3 N–H and O–H groups in total. The number of aromatic nitrogens is 2. The second-order valence-corrected chi connectivity index (χ2v) is 3.94. The molecule has 0 bridgehead atoms. The van der Waals surface area contributed by atoms with Crippen LogP contribution in [0.15, 0.2) is 24.3 Å². The Bertz CT molecular complexity index is 567. The molecule has 0 radical (unpaired) electrons. The first-order valence-corrected chi connectivity index (χ1v) is 5.72. The predicted molar refractivity (Wildman–Crippen MR) is 74.0 cm³/mol. The molecule has 0 saturated heterocycles. The van der Waals surface area contributed by atoms with Crippen molar-refractivity contribution in [2.24, 2.45) is 0 Å². The maximum Gasteiger partial charge on any atom is 0.222 e. The van der Waals surface area contributed by atoms with Gasteiger partial charge in [-0.2, -0.15) is 4.98 Å². The fourth-order valence-corrected chi connectivity index (χ4v) is 1.70. The Kier molecular flexibility index (Phi) is 3.70. The van der Waals surface area contributed by atoms with Crippen LogP contribution in [0.5, 0.6) is 11.5 Å². The van der Waals surface area contributed by atoms with Crippen LogP contribution in [0, 0.1) is 6.92 Å². The van der Waals surface area contributed by atoms with E-state index in [1.165, 1.54) is 0 Å². The van der Waals surface area contributed by atoms with Gasteiger partial charge in [0.25, 0.3) is 0 Å². The van der Waals surface area contributed by atoms with E-state index < -0.39 is 0 Å². The number of nitrogen functional groups attached to an aromatic ring is 1. The highest BCUT2D eigenvalue weighted by atomic mass is 16.5. The van der Waals surface area contributed by atoms with Crippen molar-refractivity contribution in [3.05, 3.63) is 30.0 Å². The Hall–Kier alpha value is -2.50. The van der Waals surface area contributed by atoms with E-state index in [9.17, 15) is 0 Å². The van der Waals surface area contributed by atoms with Crippen molar-refractivity contribution < 1.29 is 9.47 Å². The smallest absolute Gasteiger partial charge is 0.222 e. The van der Waals surface area contributed by atoms with E-state index in [1.54, 1.807) is 26.4 Å². The highest BCUT2D eigenvalue weighted by Gasteiger charge is 2.07.